The van der Waals surface area contributed by atoms with Gasteiger partial charge >= 0.3 is 0 Å². The van der Waals surface area contributed by atoms with Crippen molar-refractivity contribution in [2.24, 2.45) is 5.73 Å². The van der Waals surface area contributed by atoms with Crippen LogP contribution in [0.4, 0.5) is 5.69 Å². The maximum absolute atomic E-state index is 12.4. The Balaban J connectivity index is 1.66. The fourth-order valence-corrected chi connectivity index (χ4v) is 3.36. The summed E-state index contributed by atoms with van der Waals surface area (Å²) >= 11 is 0. The van der Waals surface area contributed by atoms with Gasteiger partial charge in [0.25, 0.3) is 0 Å². The topological polar surface area (TPSA) is 67.6 Å². The number of nitrogens with zero attached hydrogens (tertiary/aromatic N) is 1. The first kappa shape index (κ1) is 15.3. The second-order valence-electron chi connectivity index (χ2n) is 6.27. The molecule has 22 heavy (non-hydrogen) atoms. The van der Waals surface area contributed by atoms with Gasteiger partial charge in [-0.25, -0.2) is 0 Å². The first-order valence-electron chi connectivity index (χ1n) is 8.17. The van der Waals surface area contributed by atoms with Crippen LogP contribution in [-0.4, -0.2) is 37.7 Å². The van der Waals surface area contributed by atoms with E-state index in [1.807, 2.05) is 12.1 Å². The average molecular weight is 303 g/mol. The minimum absolute atomic E-state index is 0.0122. The number of hydrogen-bond donors (Lipinski definition) is 2. The number of carbonyl (C=O) groups is 1. The largest absolute Gasteiger partial charge is 0.378 e. The molecule has 0 spiro atoms. The Bertz CT molecular complexity index is 520. The molecular weight excluding hydrogens is 278 g/mol. The summed E-state index contributed by atoms with van der Waals surface area (Å²) in [6, 6.07) is 8.24. The van der Waals surface area contributed by atoms with Gasteiger partial charge in [0.05, 0.1) is 18.8 Å². The number of rotatable bonds is 4. The van der Waals surface area contributed by atoms with Crippen molar-refractivity contribution in [3.05, 3.63) is 29.8 Å². The van der Waals surface area contributed by atoms with Crippen molar-refractivity contribution in [1.29, 1.82) is 0 Å². The van der Waals surface area contributed by atoms with Gasteiger partial charge in [0.2, 0.25) is 5.91 Å². The fourth-order valence-electron chi connectivity index (χ4n) is 3.36. The molecule has 3 rings (SSSR count). The van der Waals surface area contributed by atoms with Gasteiger partial charge in [0, 0.05) is 25.3 Å². The van der Waals surface area contributed by atoms with Gasteiger partial charge in [0.15, 0.2) is 0 Å². The molecule has 120 valence electrons. The molecule has 0 atom stereocenters. The summed E-state index contributed by atoms with van der Waals surface area (Å²) in [6.07, 6.45) is 3.69. The van der Waals surface area contributed by atoms with E-state index in [9.17, 15) is 4.79 Å². The molecule has 0 bridgehead atoms. The van der Waals surface area contributed by atoms with Crippen molar-refractivity contribution in [1.82, 2.24) is 5.32 Å². The molecule has 0 aromatic heterocycles. The quantitative estimate of drug-likeness (QED) is 0.882. The molecule has 2 aliphatic rings. The highest BCUT2D eigenvalue weighted by molar-refractivity contribution is 5.86. The van der Waals surface area contributed by atoms with Crippen molar-refractivity contribution >= 4 is 11.6 Å². The van der Waals surface area contributed by atoms with Crippen LogP contribution in [0.2, 0.25) is 0 Å². The van der Waals surface area contributed by atoms with E-state index >= 15 is 0 Å². The molecule has 1 aliphatic carbocycles. The minimum atomic E-state index is -0.659. The van der Waals surface area contributed by atoms with Gasteiger partial charge in [-0.2, -0.15) is 0 Å². The van der Waals surface area contributed by atoms with E-state index in [-0.39, 0.29) is 5.91 Å². The molecule has 2 fully saturated rings. The third kappa shape index (κ3) is 3.25. The second kappa shape index (κ2) is 6.67. The Morgan fingerprint density at radius 2 is 1.91 bits per heavy atom. The first-order chi connectivity index (χ1) is 10.7. The van der Waals surface area contributed by atoms with Crippen LogP contribution in [0.1, 0.15) is 31.2 Å². The number of nitrogens with two attached hydrogens (primary N) is 1. The molecular formula is C17H25N3O2. The maximum atomic E-state index is 12.4. The van der Waals surface area contributed by atoms with Crippen LogP contribution < -0.4 is 16.0 Å². The van der Waals surface area contributed by atoms with Gasteiger partial charge in [-0.05, 0) is 24.5 Å². The van der Waals surface area contributed by atoms with Crippen LogP contribution in [0.25, 0.3) is 0 Å². The van der Waals surface area contributed by atoms with Crippen LogP contribution in [-0.2, 0) is 16.1 Å². The lowest BCUT2D eigenvalue weighted by molar-refractivity contribution is -0.126. The van der Waals surface area contributed by atoms with Gasteiger partial charge in [0.1, 0.15) is 0 Å². The summed E-state index contributed by atoms with van der Waals surface area (Å²) in [5.41, 5.74) is 7.87. The highest BCUT2D eigenvalue weighted by Crippen LogP contribution is 2.27. The molecule has 1 saturated carbocycles. The number of hydrogen-bond acceptors (Lipinski definition) is 4. The van der Waals surface area contributed by atoms with Crippen LogP contribution in [0.5, 0.6) is 0 Å². The van der Waals surface area contributed by atoms with E-state index in [1.54, 1.807) is 0 Å². The van der Waals surface area contributed by atoms with Gasteiger partial charge in [-0.1, -0.05) is 31.0 Å². The summed E-state index contributed by atoms with van der Waals surface area (Å²) in [6.45, 7) is 3.84. The smallest absolute Gasteiger partial charge is 0.240 e. The monoisotopic (exact) mass is 303 g/mol. The Morgan fingerprint density at radius 1 is 1.23 bits per heavy atom. The molecule has 1 saturated heterocycles. The van der Waals surface area contributed by atoms with E-state index in [0.717, 1.165) is 57.6 Å². The molecule has 1 amide bonds. The van der Waals surface area contributed by atoms with E-state index in [2.05, 4.69) is 22.3 Å². The van der Waals surface area contributed by atoms with Crippen molar-refractivity contribution in [2.75, 3.05) is 31.2 Å². The highest BCUT2D eigenvalue weighted by atomic mass is 16.5. The summed E-state index contributed by atoms with van der Waals surface area (Å²) in [7, 11) is 0. The Labute approximate surface area is 131 Å². The molecule has 0 radical (unpaired) electrons. The van der Waals surface area contributed by atoms with Crippen LogP contribution in [0.15, 0.2) is 24.3 Å². The zero-order chi connectivity index (χ0) is 15.4. The first-order valence-corrected chi connectivity index (χ1v) is 8.17. The number of morpholine rings is 1. The molecule has 5 nitrogen and oxygen atoms in total. The van der Waals surface area contributed by atoms with Gasteiger partial charge in [-0.3, -0.25) is 4.79 Å². The Kier molecular flexibility index (Phi) is 4.64. The third-order valence-electron chi connectivity index (χ3n) is 4.73. The van der Waals surface area contributed by atoms with Crippen LogP contribution in [0, 0.1) is 0 Å². The van der Waals surface area contributed by atoms with E-state index in [0.29, 0.717) is 6.54 Å². The molecule has 5 heteroatoms. The maximum Gasteiger partial charge on any atom is 0.240 e. The lowest BCUT2D eigenvalue weighted by atomic mass is 9.98. The average Bonchev–Trinajstić information content (AvgIpc) is 3.02. The molecule has 1 aromatic rings. The number of ether oxygens (including phenoxy) is 1. The number of para-hydroxylation sites is 1. The molecule has 1 heterocycles. The predicted octanol–water partition coefficient (Wildman–Crippen LogP) is 1.41. The lowest BCUT2D eigenvalue weighted by Gasteiger charge is -2.31. The van der Waals surface area contributed by atoms with Crippen molar-refractivity contribution in [2.45, 2.75) is 37.8 Å². The van der Waals surface area contributed by atoms with Crippen LogP contribution >= 0.6 is 0 Å². The summed E-state index contributed by atoms with van der Waals surface area (Å²) in [5.74, 6) is -0.0122. The number of carbonyl (C=O) groups excluding carboxylic acids is 1. The Morgan fingerprint density at radius 3 is 2.64 bits per heavy atom. The highest BCUT2D eigenvalue weighted by Gasteiger charge is 2.36. The van der Waals surface area contributed by atoms with E-state index < -0.39 is 5.54 Å². The zero-order valence-corrected chi connectivity index (χ0v) is 13.0. The Hall–Kier alpha value is -1.59. The van der Waals surface area contributed by atoms with Crippen LogP contribution in [0.3, 0.4) is 0 Å². The minimum Gasteiger partial charge on any atom is -0.378 e. The summed E-state index contributed by atoms with van der Waals surface area (Å²) in [5, 5.41) is 3.04. The number of benzene rings is 1. The number of nitrogens with one attached hydrogen (secondary N) is 1. The van der Waals surface area contributed by atoms with Gasteiger partial charge < -0.3 is 20.7 Å². The van der Waals surface area contributed by atoms with Crippen molar-refractivity contribution in [3.8, 4) is 0 Å². The molecule has 0 unspecified atom stereocenters. The summed E-state index contributed by atoms with van der Waals surface area (Å²) in [4.78, 5) is 14.7. The predicted molar refractivity (Wildman–Crippen MR) is 86.7 cm³/mol. The number of amides is 1. The van der Waals surface area contributed by atoms with Gasteiger partial charge in [-0.15, -0.1) is 0 Å². The second-order valence-corrected chi connectivity index (χ2v) is 6.27. The molecule has 1 aromatic carbocycles. The molecule has 1 aliphatic heterocycles. The van der Waals surface area contributed by atoms with E-state index in [1.165, 1.54) is 5.69 Å². The normalized spacial score (nSPS) is 20.9. The summed E-state index contributed by atoms with van der Waals surface area (Å²) < 4.78 is 5.41. The number of anilines is 1. The van der Waals surface area contributed by atoms with Crippen molar-refractivity contribution < 1.29 is 9.53 Å². The third-order valence-corrected chi connectivity index (χ3v) is 4.73. The van der Waals surface area contributed by atoms with E-state index in [4.69, 9.17) is 10.5 Å². The fraction of sp³-hybridized carbons (Fsp3) is 0.588. The molecule has 3 N–H and O–H groups in total. The SMILES string of the molecule is NC1(C(=O)NCc2ccccc2N2CCOCC2)CCCC1. The standard InChI is InChI=1S/C17H25N3O2/c18-17(7-3-4-8-17)16(21)19-13-14-5-1-2-6-15(14)20-9-11-22-12-10-20/h1-2,5-6H,3-4,7-13,18H2,(H,19,21). The zero-order valence-electron chi connectivity index (χ0n) is 13.0. The lowest BCUT2D eigenvalue weighted by Crippen LogP contribution is -2.51. The van der Waals surface area contributed by atoms with Crippen molar-refractivity contribution in [3.63, 3.8) is 0 Å².